The SMILES string of the molecule is CC(C)(C)[Si](C)(C)OC1CC[C@@]2(C)C(=CCC3[C@@H]2CC[C@]2(C)C(I)=CC[C@@H]32)C1. The summed E-state index contributed by atoms with van der Waals surface area (Å²) in [5.74, 6) is 2.68. The fraction of sp³-hybridized carbons (Fsp3) is 0.840. The van der Waals surface area contributed by atoms with Crippen molar-refractivity contribution in [3.05, 3.63) is 21.3 Å². The monoisotopic (exact) mass is 512 g/mol. The lowest BCUT2D eigenvalue weighted by Crippen LogP contribution is -2.51. The van der Waals surface area contributed by atoms with E-state index in [9.17, 15) is 0 Å². The van der Waals surface area contributed by atoms with Gasteiger partial charge in [0.1, 0.15) is 0 Å². The van der Waals surface area contributed by atoms with Crippen LogP contribution in [0.25, 0.3) is 0 Å². The van der Waals surface area contributed by atoms with Crippen LogP contribution in [0.2, 0.25) is 18.1 Å². The third-order valence-corrected chi connectivity index (χ3v) is 16.0. The van der Waals surface area contributed by atoms with E-state index in [4.69, 9.17) is 4.43 Å². The Morgan fingerprint density at radius 3 is 2.36 bits per heavy atom. The highest BCUT2D eigenvalue weighted by atomic mass is 127. The van der Waals surface area contributed by atoms with Gasteiger partial charge in [-0.2, -0.15) is 0 Å². The van der Waals surface area contributed by atoms with Gasteiger partial charge < -0.3 is 4.43 Å². The highest BCUT2D eigenvalue weighted by molar-refractivity contribution is 14.1. The fourth-order valence-corrected chi connectivity index (χ4v) is 9.15. The first-order valence-electron chi connectivity index (χ1n) is 11.6. The average Bonchev–Trinajstić information content (AvgIpc) is 2.89. The zero-order valence-electron chi connectivity index (χ0n) is 19.2. The van der Waals surface area contributed by atoms with Crippen molar-refractivity contribution < 1.29 is 4.43 Å². The number of halogens is 1. The molecule has 0 N–H and O–H groups in total. The molecule has 4 aliphatic rings. The number of fused-ring (bicyclic) bond motifs is 5. The molecule has 0 aromatic carbocycles. The van der Waals surface area contributed by atoms with Gasteiger partial charge in [0.2, 0.25) is 0 Å². The summed E-state index contributed by atoms with van der Waals surface area (Å²) in [5, 5.41) is 0.306. The molecule has 158 valence electrons. The maximum absolute atomic E-state index is 6.86. The van der Waals surface area contributed by atoms with Gasteiger partial charge in [0, 0.05) is 11.5 Å². The molecule has 0 heterocycles. The zero-order chi connectivity index (χ0) is 20.5. The Morgan fingerprint density at radius 2 is 1.68 bits per heavy atom. The Bertz CT molecular complexity index is 702. The van der Waals surface area contributed by atoms with Crippen molar-refractivity contribution >= 4 is 30.9 Å². The van der Waals surface area contributed by atoms with Crippen LogP contribution in [0.15, 0.2) is 21.3 Å². The van der Waals surface area contributed by atoms with Crippen molar-refractivity contribution in [2.75, 3.05) is 0 Å². The molecule has 2 saturated carbocycles. The molecule has 0 spiro atoms. The predicted octanol–water partition coefficient (Wildman–Crippen LogP) is 8.27. The zero-order valence-corrected chi connectivity index (χ0v) is 22.4. The maximum atomic E-state index is 6.86. The second-order valence-electron chi connectivity index (χ2n) is 12.2. The topological polar surface area (TPSA) is 9.23 Å². The molecule has 2 fully saturated rings. The molecule has 0 radical (unpaired) electrons. The first-order valence-corrected chi connectivity index (χ1v) is 15.6. The van der Waals surface area contributed by atoms with Crippen LogP contribution >= 0.6 is 22.6 Å². The number of rotatable bonds is 2. The molecule has 3 heteroatoms. The molecule has 2 unspecified atom stereocenters. The Hall–Kier alpha value is 0.387. The van der Waals surface area contributed by atoms with E-state index < -0.39 is 8.32 Å². The second-order valence-corrected chi connectivity index (χ2v) is 18.2. The van der Waals surface area contributed by atoms with Crippen molar-refractivity contribution in [1.29, 1.82) is 0 Å². The summed E-state index contributed by atoms with van der Waals surface area (Å²) in [6.45, 7) is 17.1. The van der Waals surface area contributed by atoms with Crippen molar-refractivity contribution in [3.8, 4) is 0 Å². The van der Waals surface area contributed by atoms with Gasteiger partial charge in [-0.3, -0.25) is 0 Å². The Kier molecular flexibility index (Phi) is 5.36. The van der Waals surface area contributed by atoms with Crippen LogP contribution < -0.4 is 0 Å². The van der Waals surface area contributed by atoms with E-state index in [0.717, 1.165) is 17.8 Å². The highest BCUT2D eigenvalue weighted by Gasteiger charge is 2.56. The number of hydrogen-bond donors (Lipinski definition) is 0. The lowest BCUT2D eigenvalue weighted by Gasteiger charge is -2.58. The minimum Gasteiger partial charge on any atom is -0.414 e. The number of hydrogen-bond acceptors (Lipinski definition) is 1. The third-order valence-electron chi connectivity index (χ3n) is 9.81. The minimum atomic E-state index is -1.68. The van der Waals surface area contributed by atoms with Crippen molar-refractivity contribution in [2.24, 2.45) is 28.6 Å². The van der Waals surface area contributed by atoms with Crippen LogP contribution in [-0.4, -0.2) is 14.4 Å². The van der Waals surface area contributed by atoms with Crippen molar-refractivity contribution in [3.63, 3.8) is 0 Å². The summed E-state index contributed by atoms with van der Waals surface area (Å²) in [5.41, 5.74) is 2.67. The van der Waals surface area contributed by atoms with Gasteiger partial charge in [-0.15, -0.1) is 0 Å². The summed E-state index contributed by atoms with van der Waals surface area (Å²) in [6.07, 6.45) is 15.0. The van der Waals surface area contributed by atoms with Crippen LogP contribution in [0, 0.1) is 28.6 Å². The molecule has 4 aliphatic carbocycles. The maximum Gasteiger partial charge on any atom is 0.192 e. The summed E-state index contributed by atoms with van der Waals surface area (Å²) in [7, 11) is -1.68. The summed E-state index contributed by atoms with van der Waals surface area (Å²) >= 11 is 2.64. The molecule has 0 aromatic rings. The van der Waals surface area contributed by atoms with Gasteiger partial charge in [0.25, 0.3) is 0 Å². The van der Waals surface area contributed by atoms with Crippen LogP contribution in [0.4, 0.5) is 0 Å². The largest absolute Gasteiger partial charge is 0.414 e. The Labute approximate surface area is 188 Å². The van der Waals surface area contributed by atoms with Gasteiger partial charge >= 0.3 is 0 Å². The lowest BCUT2D eigenvalue weighted by atomic mass is 9.48. The molecule has 0 aliphatic heterocycles. The second kappa shape index (κ2) is 6.95. The fourth-order valence-electron chi connectivity index (χ4n) is 6.84. The minimum absolute atomic E-state index is 0.306. The predicted molar refractivity (Wildman–Crippen MR) is 131 cm³/mol. The third kappa shape index (κ3) is 3.25. The molecule has 28 heavy (non-hydrogen) atoms. The summed E-state index contributed by atoms with van der Waals surface area (Å²) in [6, 6.07) is 0. The molecule has 6 atom stereocenters. The summed E-state index contributed by atoms with van der Waals surface area (Å²) < 4.78 is 8.51. The van der Waals surface area contributed by atoms with E-state index in [1.54, 1.807) is 9.15 Å². The van der Waals surface area contributed by atoms with Crippen LogP contribution in [0.5, 0.6) is 0 Å². The first-order chi connectivity index (χ1) is 12.9. The van der Waals surface area contributed by atoms with Gasteiger partial charge in [0.05, 0.1) is 0 Å². The van der Waals surface area contributed by atoms with Gasteiger partial charge in [0.15, 0.2) is 8.32 Å². The van der Waals surface area contributed by atoms with Gasteiger partial charge in [-0.05, 0) is 112 Å². The normalized spacial score (nSPS) is 43.6. The molecule has 0 bridgehead atoms. The van der Waals surface area contributed by atoms with Gasteiger partial charge in [-0.25, -0.2) is 0 Å². The summed E-state index contributed by atoms with van der Waals surface area (Å²) in [4.78, 5) is 0. The van der Waals surface area contributed by atoms with E-state index in [0.29, 0.717) is 22.0 Å². The van der Waals surface area contributed by atoms with E-state index in [1.165, 1.54) is 44.9 Å². The average molecular weight is 513 g/mol. The van der Waals surface area contributed by atoms with Gasteiger partial charge in [-0.1, -0.05) is 52.3 Å². The Morgan fingerprint density at radius 1 is 1.00 bits per heavy atom. The molecule has 0 amide bonds. The lowest BCUT2D eigenvalue weighted by molar-refractivity contribution is -0.0254. The quantitative estimate of drug-likeness (QED) is 0.206. The number of allylic oxidation sites excluding steroid dienone is 3. The highest BCUT2D eigenvalue weighted by Crippen LogP contribution is 2.65. The molecule has 0 saturated heterocycles. The molecule has 0 aromatic heterocycles. The molecular weight excluding hydrogens is 471 g/mol. The van der Waals surface area contributed by atoms with E-state index in [-0.39, 0.29) is 0 Å². The van der Waals surface area contributed by atoms with Crippen LogP contribution in [0.1, 0.15) is 79.6 Å². The van der Waals surface area contributed by atoms with E-state index >= 15 is 0 Å². The van der Waals surface area contributed by atoms with E-state index in [1.807, 2.05) is 0 Å². The molecular formula is C25H41IOSi. The standard InChI is InChI=1S/C25H41IOSi/c1-23(2,3)28(6,7)27-18-12-14-24(4)17(16-18)8-9-19-20-10-11-22(26)25(20,5)15-13-21(19)24/h8,11,18-21H,9-10,12-16H2,1-7H3/t18?,19?,20-,21-,24-,25-/m0/s1. The van der Waals surface area contributed by atoms with E-state index in [2.05, 4.69) is 82.5 Å². The Balaban J connectivity index is 1.53. The van der Waals surface area contributed by atoms with Crippen molar-refractivity contribution in [1.82, 2.24) is 0 Å². The van der Waals surface area contributed by atoms with Crippen LogP contribution in [0.3, 0.4) is 0 Å². The first kappa shape index (κ1) is 21.6. The molecule has 1 nitrogen and oxygen atoms in total. The smallest absolute Gasteiger partial charge is 0.192 e. The van der Waals surface area contributed by atoms with Crippen molar-refractivity contribution in [2.45, 2.75) is 104 Å². The molecule has 4 rings (SSSR count). The van der Waals surface area contributed by atoms with Crippen LogP contribution in [-0.2, 0) is 4.43 Å².